The maximum absolute atomic E-state index is 10.6. The van der Waals surface area contributed by atoms with Crippen molar-refractivity contribution >= 4 is 12.0 Å². The van der Waals surface area contributed by atoms with Crippen LogP contribution >= 0.6 is 0 Å². The third-order valence-electron chi connectivity index (χ3n) is 2.93. The predicted octanol–water partition coefficient (Wildman–Crippen LogP) is 1.82. The van der Waals surface area contributed by atoms with Gasteiger partial charge in [0.2, 0.25) is 0 Å². The fraction of sp³-hybridized carbons (Fsp3) is 0.308. The van der Waals surface area contributed by atoms with Gasteiger partial charge in [0, 0.05) is 0 Å². The molecular weight excluding hydrogens is 202 g/mol. The topological polar surface area (TPSA) is 63.3 Å². The van der Waals surface area contributed by atoms with Crippen LogP contribution in [-0.4, -0.2) is 17.1 Å². The fourth-order valence-electron chi connectivity index (χ4n) is 1.98. The van der Waals surface area contributed by atoms with Gasteiger partial charge in [-0.15, -0.1) is 0 Å². The van der Waals surface area contributed by atoms with Crippen LogP contribution in [0.2, 0.25) is 0 Å². The van der Waals surface area contributed by atoms with Crippen molar-refractivity contribution in [3.63, 3.8) is 0 Å². The second-order valence-corrected chi connectivity index (χ2v) is 4.16. The van der Waals surface area contributed by atoms with E-state index < -0.39 is 12.0 Å². The van der Waals surface area contributed by atoms with Crippen LogP contribution in [0.25, 0.3) is 6.08 Å². The van der Waals surface area contributed by atoms with E-state index in [0.717, 1.165) is 12.8 Å². The Kier molecular flexibility index (Phi) is 3.06. The molecule has 1 aromatic carbocycles. The molecule has 0 spiro atoms. The van der Waals surface area contributed by atoms with Crippen molar-refractivity contribution in [1.29, 1.82) is 0 Å². The summed E-state index contributed by atoms with van der Waals surface area (Å²) in [5.74, 6) is -0.920. The Morgan fingerprint density at radius 1 is 1.44 bits per heavy atom. The van der Waals surface area contributed by atoms with E-state index in [1.165, 1.54) is 16.7 Å². The van der Waals surface area contributed by atoms with Crippen molar-refractivity contribution in [3.8, 4) is 0 Å². The van der Waals surface area contributed by atoms with E-state index in [-0.39, 0.29) is 0 Å². The number of allylic oxidation sites excluding steroid dienone is 1. The molecule has 1 aliphatic rings. The van der Waals surface area contributed by atoms with Crippen LogP contribution in [0.3, 0.4) is 0 Å². The molecule has 1 aliphatic carbocycles. The third kappa shape index (κ3) is 2.31. The molecule has 3 heteroatoms. The molecule has 0 saturated carbocycles. The second kappa shape index (κ2) is 4.49. The number of carboxylic acid groups (broad SMARTS) is 1. The molecule has 1 unspecified atom stereocenters. The second-order valence-electron chi connectivity index (χ2n) is 4.16. The number of hydrogen-bond donors (Lipinski definition) is 2. The lowest BCUT2D eigenvalue weighted by molar-refractivity contribution is -0.138. The maximum atomic E-state index is 10.6. The maximum Gasteiger partial charge on any atom is 0.320 e. The summed E-state index contributed by atoms with van der Waals surface area (Å²) in [6, 6.07) is 7.49. The lowest BCUT2D eigenvalue weighted by Crippen LogP contribution is -2.29. The first-order valence-corrected chi connectivity index (χ1v) is 5.42. The number of rotatable bonds is 4. The van der Waals surface area contributed by atoms with Gasteiger partial charge in [-0.3, -0.25) is 4.79 Å². The summed E-state index contributed by atoms with van der Waals surface area (Å²) in [6.45, 7) is 0. The Bertz CT molecular complexity index is 437. The molecule has 0 amide bonds. The molecule has 0 aromatic heterocycles. The van der Waals surface area contributed by atoms with Gasteiger partial charge in [-0.2, -0.15) is 0 Å². The molecule has 0 bridgehead atoms. The van der Waals surface area contributed by atoms with Crippen LogP contribution in [0.1, 0.15) is 24.0 Å². The molecule has 16 heavy (non-hydrogen) atoms. The van der Waals surface area contributed by atoms with Crippen molar-refractivity contribution in [1.82, 2.24) is 0 Å². The number of benzene rings is 1. The largest absolute Gasteiger partial charge is 0.480 e. The lowest BCUT2D eigenvalue weighted by atomic mass is 10.0. The molecule has 0 heterocycles. The highest BCUT2D eigenvalue weighted by atomic mass is 16.4. The molecule has 3 N–H and O–H groups in total. The van der Waals surface area contributed by atoms with Gasteiger partial charge in [-0.1, -0.05) is 35.9 Å². The minimum atomic E-state index is -0.920. The van der Waals surface area contributed by atoms with Gasteiger partial charge < -0.3 is 10.8 Å². The summed E-state index contributed by atoms with van der Waals surface area (Å²) >= 11 is 0. The number of hydrogen-bond acceptors (Lipinski definition) is 2. The van der Waals surface area contributed by atoms with Gasteiger partial charge in [0.15, 0.2) is 0 Å². The molecule has 2 rings (SSSR count). The quantitative estimate of drug-likeness (QED) is 0.808. The van der Waals surface area contributed by atoms with Gasteiger partial charge in [-0.25, -0.2) is 0 Å². The van der Waals surface area contributed by atoms with Crippen molar-refractivity contribution in [2.45, 2.75) is 25.3 Å². The molecule has 0 aliphatic heterocycles. The Balaban J connectivity index is 1.94. The van der Waals surface area contributed by atoms with Crippen molar-refractivity contribution < 1.29 is 9.90 Å². The standard InChI is InChI=1S/C13H15NO2/c14-12(13(15)16)6-5-9-7-10-3-1-2-4-11(10)8-9/h1-4,7,12H,5-6,8,14H2,(H,15,16). The summed E-state index contributed by atoms with van der Waals surface area (Å²) in [5.41, 5.74) is 9.32. The number of nitrogens with two attached hydrogens (primary N) is 1. The van der Waals surface area contributed by atoms with Crippen molar-refractivity contribution in [2.24, 2.45) is 5.73 Å². The highest BCUT2D eigenvalue weighted by molar-refractivity contribution is 5.73. The Hall–Kier alpha value is -1.61. The minimum Gasteiger partial charge on any atom is -0.480 e. The SMILES string of the molecule is NC(CCC1=Cc2ccccc2C1)C(=O)O. The van der Waals surface area contributed by atoms with E-state index in [4.69, 9.17) is 10.8 Å². The predicted molar refractivity (Wildman–Crippen MR) is 63.0 cm³/mol. The van der Waals surface area contributed by atoms with E-state index >= 15 is 0 Å². The van der Waals surface area contributed by atoms with Gasteiger partial charge in [0.25, 0.3) is 0 Å². The molecule has 1 atom stereocenters. The monoisotopic (exact) mass is 217 g/mol. The average Bonchev–Trinajstić information content (AvgIpc) is 2.68. The summed E-state index contributed by atoms with van der Waals surface area (Å²) in [7, 11) is 0. The van der Waals surface area contributed by atoms with E-state index in [2.05, 4.69) is 18.2 Å². The first kappa shape index (κ1) is 10.9. The molecule has 1 aromatic rings. The fourth-order valence-corrected chi connectivity index (χ4v) is 1.98. The van der Waals surface area contributed by atoms with Crippen LogP contribution < -0.4 is 5.73 Å². The highest BCUT2D eigenvalue weighted by Crippen LogP contribution is 2.27. The van der Waals surface area contributed by atoms with Crippen LogP contribution in [0.5, 0.6) is 0 Å². The van der Waals surface area contributed by atoms with Gasteiger partial charge in [-0.05, 0) is 30.4 Å². The van der Waals surface area contributed by atoms with E-state index in [1.807, 2.05) is 12.1 Å². The zero-order valence-electron chi connectivity index (χ0n) is 9.02. The van der Waals surface area contributed by atoms with Gasteiger partial charge in [0.1, 0.15) is 6.04 Å². The van der Waals surface area contributed by atoms with E-state index in [1.54, 1.807) is 0 Å². The summed E-state index contributed by atoms with van der Waals surface area (Å²) in [4.78, 5) is 10.6. The molecule has 0 radical (unpaired) electrons. The number of carboxylic acids is 1. The van der Waals surface area contributed by atoms with Crippen LogP contribution in [0.15, 0.2) is 29.8 Å². The first-order chi connectivity index (χ1) is 7.66. The van der Waals surface area contributed by atoms with Crippen molar-refractivity contribution in [3.05, 3.63) is 41.0 Å². The summed E-state index contributed by atoms with van der Waals surface area (Å²) in [5, 5.41) is 8.69. The molecular formula is C13H15NO2. The van der Waals surface area contributed by atoms with Gasteiger partial charge >= 0.3 is 5.97 Å². The number of aliphatic carboxylic acids is 1. The van der Waals surface area contributed by atoms with E-state index in [9.17, 15) is 4.79 Å². The third-order valence-corrected chi connectivity index (χ3v) is 2.93. The van der Waals surface area contributed by atoms with Crippen molar-refractivity contribution in [2.75, 3.05) is 0 Å². The first-order valence-electron chi connectivity index (χ1n) is 5.42. The molecule has 84 valence electrons. The Morgan fingerprint density at radius 3 is 2.88 bits per heavy atom. The Morgan fingerprint density at radius 2 is 2.19 bits per heavy atom. The Labute approximate surface area is 94.6 Å². The molecule has 0 saturated heterocycles. The zero-order chi connectivity index (χ0) is 11.5. The average molecular weight is 217 g/mol. The van der Waals surface area contributed by atoms with Crippen LogP contribution in [0, 0.1) is 0 Å². The highest BCUT2D eigenvalue weighted by Gasteiger charge is 2.15. The lowest BCUT2D eigenvalue weighted by Gasteiger charge is -2.06. The summed E-state index contributed by atoms with van der Waals surface area (Å²) < 4.78 is 0. The van der Waals surface area contributed by atoms with Crippen LogP contribution in [0.4, 0.5) is 0 Å². The summed E-state index contributed by atoms with van der Waals surface area (Å²) in [6.07, 6.45) is 4.35. The molecule has 0 fully saturated rings. The normalized spacial score (nSPS) is 15.4. The van der Waals surface area contributed by atoms with E-state index in [0.29, 0.717) is 6.42 Å². The van der Waals surface area contributed by atoms with Gasteiger partial charge in [0.05, 0.1) is 0 Å². The number of carbonyl (C=O) groups is 1. The zero-order valence-corrected chi connectivity index (χ0v) is 9.02. The molecule has 3 nitrogen and oxygen atoms in total. The minimum absolute atomic E-state index is 0.509. The van der Waals surface area contributed by atoms with Crippen LogP contribution in [-0.2, 0) is 11.2 Å². The number of fused-ring (bicyclic) bond motifs is 1. The smallest absolute Gasteiger partial charge is 0.320 e.